The van der Waals surface area contributed by atoms with E-state index in [1.54, 1.807) is 38.2 Å². The Kier molecular flexibility index (Phi) is 12.1. The molecule has 0 saturated carbocycles. The molecular formula is C23H31ClIN5O2. The molecule has 2 aromatic carbocycles. The molecule has 9 heteroatoms. The molecule has 0 aliphatic rings. The van der Waals surface area contributed by atoms with Crippen molar-refractivity contribution < 1.29 is 9.59 Å². The molecule has 0 spiro atoms. The average molecular weight is 572 g/mol. The molecule has 0 fully saturated rings. The second-order valence-corrected chi connectivity index (χ2v) is 7.69. The minimum absolute atomic E-state index is 0. The topological polar surface area (TPSA) is 85.8 Å². The number of guanidine groups is 1. The van der Waals surface area contributed by atoms with E-state index in [-0.39, 0.29) is 35.8 Å². The van der Waals surface area contributed by atoms with E-state index in [2.05, 4.69) is 20.9 Å². The van der Waals surface area contributed by atoms with Crippen LogP contribution in [0.5, 0.6) is 0 Å². The average Bonchev–Trinajstić information content (AvgIpc) is 2.75. The van der Waals surface area contributed by atoms with E-state index >= 15 is 0 Å². The summed E-state index contributed by atoms with van der Waals surface area (Å²) in [6, 6.07) is 13.0. The van der Waals surface area contributed by atoms with Crippen molar-refractivity contribution in [2.45, 2.75) is 19.8 Å². The van der Waals surface area contributed by atoms with Crippen LogP contribution in [-0.4, -0.2) is 56.9 Å². The Morgan fingerprint density at radius 1 is 1.06 bits per heavy atom. The van der Waals surface area contributed by atoms with Gasteiger partial charge in [0.2, 0.25) is 5.91 Å². The van der Waals surface area contributed by atoms with Crippen molar-refractivity contribution in [1.82, 2.24) is 15.5 Å². The Morgan fingerprint density at radius 2 is 1.75 bits per heavy atom. The molecule has 2 rings (SSSR count). The number of anilines is 1. The summed E-state index contributed by atoms with van der Waals surface area (Å²) < 4.78 is 0. The van der Waals surface area contributed by atoms with Crippen molar-refractivity contribution in [2.24, 2.45) is 4.99 Å². The Labute approximate surface area is 212 Å². The Hall–Kier alpha value is -2.33. The summed E-state index contributed by atoms with van der Waals surface area (Å²) in [6.45, 7) is 2.96. The number of nitrogens with one attached hydrogen (secondary N) is 3. The maximum atomic E-state index is 12.2. The number of carbonyl (C=O) groups is 2. The predicted molar refractivity (Wildman–Crippen MR) is 142 cm³/mol. The predicted octanol–water partition coefficient (Wildman–Crippen LogP) is 3.70. The summed E-state index contributed by atoms with van der Waals surface area (Å²) in [6.07, 6.45) is 1.03. The van der Waals surface area contributed by atoms with E-state index in [4.69, 9.17) is 11.6 Å². The first-order valence-electron chi connectivity index (χ1n) is 10.1. The number of benzene rings is 2. The van der Waals surface area contributed by atoms with Crippen LogP contribution in [0.15, 0.2) is 47.5 Å². The molecule has 0 bridgehead atoms. The minimum Gasteiger partial charge on any atom is -0.356 e. The van der Waals surface area contributed by atoms with Crippen molar-refractivity contribution in [1.29, 1.82) is 0 Å². The van der Waals surface area contributed by atoms with E-state index in [0.717, 1.165) is 23.2 Å². The largest absolute Gasteiger partial charge is 0.356 e. The van der Waals surface area contributed by atoms with Gasteiger partial charge in [0.1, 0.15) is 0 Å². The van der Waals surface area contributed by atoms with Crippen molar-refractivity contribution in [2.75, 3.05) is 39.5 Å². The quantitative estimate of drug-likeness (QED) is 0.256. The van der Waals surface area contributed by atoms with Gasteiger partial charge in [0.25, 0.3) is 5.91 Å². The highest BCUT2D eigenvalue weighted by Crippen LogP contribution is 2.22. The molecular weight excluding hydrogens is 541 g/mol. The van der Waals surface area contributed by atoms with Crippen molar-refractivity contribution in [3.8, 4) is 0 Å². The summed E-state index contributed by atoms with van der Waals surface area (Å²) >= 11 is 6.09. The monoisotopic (exact) mass is 571 g/mol. The number of amides is 2. The van der Waals surface area contributed by atoms with Gasteiger partial charge >= 0.3 is 0 Å². The Morgan fingerprint density at radius 3 is 2.44 bits per heavy atom. The molecule has 0 heterocycles. The van der Waals surface area contributed by atoms with Gasteiger partial charge in [-0.2, -0.15) is 0 Å². The van der Waals surface area contributed by atoms with E-state index in [9.17, 15) is 9.59 Å². The third-order valence-electron chi connectivity index (χ3n) is 4.70. The lowest BCUT2D eigenvalue weighted by molar-refractivity contribution is -0.116. The molecule has 174 valence electrons. The first-order valence-corrected chi connectivity index (χ1v) is 10.5. The summed E-state index contributed by atoms with van der Waals surface area (Å²) in [5.74, 6) is 0.501. The van der Waals surface area contributed by atoms with Crippen LogP contribution in [0, 0.1) is 6.92 Å². The van der Waals surface area contributed by atoms with Crippen LogP contribution >= 0.6 is 35.6 Å². The maximum Gasteiger partial charge on any atom is 0.253 e. The van der Waals surface area contributed by atoms with Crippen molar-refractivity contribution >= 4 is 59.0 Å². The summed E-state index contributed by atoms with van der Waals surface area (Å²) in [7, 11) is 5.16. The van der Waals surface area contributed by atoms with Crippen LogP contribution in [0.4, 0.5) is 5.69 Å². The lowest BCUT2D eigenvalue weighted by atomic mass is 10.1. The van der Waals surface area contributed by atoms with Crippen molar-refractivity contribution in [3.05, 3.63) is 64.2 Å². The zero-order valence-electron chi connectivity index (χ0n) is 18.9. The van der Waals surface area contributed by atoms with E-state index in [1.165, 1.54) is 0 Å². The molecule has 32 heavy (non-hydrogen) atoms. The molecule has 0 unspecified atom stereocenters. The van der Waals surface area contributed by atoms with Crippen LogP contribution < -0.4 is 16.0 Å². The highest BCUT2D eigenvalue weighted by atomic mass is 127. The fraction of sp³-hybridized carbons (Fsp3) is 0.348. The molecule has 0 aliphatic heterocycles. The van der Waals surface area contributed by atoms with E-state index in [1.807, 2.05) is 37.3 Å². The number of rotatable bonds is 8. The summed E-state index contributed by atoms with van der Waals surface area (Å²) in [4.78, 5) is 30.0. The lowest BCUT2D eigenvalue weighted by Gasteiger charge is -2.13. The molecule has 7 nitrogen and oxygen atoms in total. The second-order valence-electron chi connectivity index (χ2n) is 7.29. The van der Waals surface area contributed by atoms with Gasteiger partial charge in [-0.15, -0.1) is 24.0 Å². The highest BCUT2D eigenvalue weighted by molar-refractivity contribution is 14.0. The molecule has 2 amide bonds. The van der Waals surface area contributed by atoms with Crippen LogP contribution in [0.2, 0.25) is 5.02 Å². The summed E-state index contributed by atoms with van der Waals surface area (Å²) in [5, 5.41) is 9.86. The van der Waals surface area contributed by atoms with Gasteiger partial charge in [-0.05, 0) is 48.7 Å². The SMILES string of the molecule is CN=C(NCCC(=O)Nc1cccc(Cl)c1C)NCCc1cccc(C(=O)N(C)C)c1.I. The number of halogens is 2. The van der Waals surface area contributed by atoms with E-state index in [0.29, 0.717) is 36.1 Å². The normalized spacial score (nSPS) is 10.7. The smallest absolute Gasteiger partial charge is 0.253 e. The van der Waals surface area contributed by atoms with Crippen LogP contribution in [0.3, 0.4) is 0 Å². The molecule has 0 saturated heterocycles. The van der Waals surface area contributed by atoms with Gasteiger partial charge in [-0.3, -0.25) is 14.6 Å². The zero-order valence-corrected chi connectivity index (χ0v) is 22.0. The molecule has 2 aromatic rings. The third kappa shape index (κ3) is 8.66. The number of hydrogen-bond acceptors (Lipinski definition) is 3. The Balaban J connectivity index is 0.00000512. The fourth-order valence-corrected chi connectivity index (χ4v) is 3.09. The molecule has 0 aromatic heterocycles. The van der Waals surface area contributed by atoms with Crippen LogP contribution in [0.25, 0.3) is 0 Å². The van der Waals surface area contributed by atoms with Gasteiger partial charge in [0, 0.05) is 56.9 Å². The lowest BCUT2D eigenvalue weighted by Crippen LogP contribution is -2.39. The van der Waals surface area contributed by atoms with Gasteiger partial charge in [-0.1, -0.05) is 29.8 Å². The number of hydrogen-bond donors (Lipinski definition) is 3. The van der Waals surface area contributed by atoms with Crippen LogP contribution in [0.1, 0.15) is 27.9 Å². The zero-order chi connectivity index (χ0) is 22.8. The van der Waals surface area contributed by atoms with Crippen LogP contribution in [-0.2, 0) is 11.2 Å². The van der Waals surface area contributed by atoms with Gasteiger partial charge in [-0.25, -0.2) is 0 Å². The first-order chi connectivity index (χ1) is 14.8. The van der Waals surface area contributed by atoms with Gasteiger partial charge in [0.15, 0.2) is 5.96 Å². The number of aliphatic imine (C=N–C) groups is 1. The maximum absolute atomic E-state index is 12.2. The van der Waals surface area contributed by atoms with Crippen molar-refractivity contribution in [3.63, 3.8) is 0 Å². The highest BCUT2D eigenvalue weighted by Gasteiger charge is 2.09. The fourth-order valence-electron chi connectivity index (χ4n) is 2.91. The molecule has 0 aliphatic carbocycles. The Bertz CT molecular complexity index is 950. The number of nitrogens with zero attached hydrogens (tertiary/aromatic N) is 2. The van der Waals surface area contributed by atoms with Gasteiger partial charge < -0.3 is 20.9 Å². The summed E-state index contributed by atoms with van der Waals surface area (Å²) in [5.41, 5.74) is 3.30. The molecule has 0 radical (unpaired) electrons. The molecule has 0 atom stereocenters. The van der Waals surface area contributed by atoms with Gasteiger partial charge in [0.05, 0.1) is 0 Å². The first kappa shape index (κ1) is 27.7. The second kappa shape index (κ2) is 13.9. The van der Waals surface area contributed by atoms with E-state index < -0.39 is 0 Å². The standard InChI is InChI=1S/C23H30ClN5O2.HI/c1-16-19(24)9-6-10-20(16)28-21(30)12-14-27-23(25-2)26-13-11-17-7-5-8-18(15-17)22(31)29(3)4;/h5-10,15H,11-14H2,1-4H3,(H,28,30)(H2,25,26,27);1H. The minimum atomic E-state index is -0.101. The number of carbonyl (C=O) groups excluding carboxylic acids is 2. The molecule has 3 N–H and O–H groups in total. The third-order valence-corrected chi connectivity index (χ3v) is 5.11.